The van der Waals surface area contributed by atoms with Gasteiger partial charge < -0.3 is 0 Å². The van der Waals surface area contributed by atoms with E-state index in [1.165, 1.54) is 24.3 Å². The quantitative estimate of drug-likeness (QED) is 0.308. The average Bonchev–Trinajstić information content (AvgIpc) is 2.49. The fraction of sp³-hybridized carbons (Fsp3) is 0.824. The second kappa shape index (κ2) is 11.9. The fourth-order valence-corrected chi connectivity index (χ4v) is 8.41. The molecule has 1 N–H and O–H groups in total. The summed E-state index contributed by atoms with van der Waals surface area (Å²) in [7, 11) is 1.62. The predicted octanol–water partition coefficient (Wildman–Crippen LogP) is 3.64. The number of nitrogens with one attached hydrogen (secondary N) is 1. The van der Waals surface area contributed by atoms with Gasteiger partial charge in [0.1, 0.15) is 0 Å². The maximum atomic E-state index is 12.0. The van der Waals surface area contributed by atoms with Crippen LogP contribution in [-0.4, -0.2) is 55.0 Å². The molecule has 5 nitrogen and oxygen atoms in total. The summed E-state index contributed by atoms with van der Waals surface area (Å²) in [6, 6.07) is 0. The monoisotopic (exact) mass is 433 g/mol. The zero-order valence-corrected chi connectivity index (χ0v) is 18.7. The summed E-state index contributed by atoms with van der Waals surface area (Å²) in [5.74, 6) is 0.0435. The Kier molecular flexibility index (Phi) is 11.6. The third-order valence-electron chi connectivity index (χ3n) is 4.16. The van der Waals surface area contributed by atoms with Crippen molar-refractivity contribution in [3.63, 3.8) is 0 Å². The number of rotatable bonds is 11. The number of nitrogens with zero attached hydrogens (tertiary/aromatic N) is 2. The van der Waals surface area contributed by atoms with Gasteiger partial charge in [0, 0.05) is 0 Å². The molecule has 6 heteroatoms. The van der Waals surface area contributed by atoms with Crippen LogP contribution in [0.1, 0.15) is 52.4 Å². The molecule has 0 spiro atoms. The van der Waals surface area contributed by atoms with Crippen LogP contribution in [0.4, 0.5) is 0 Å². The van der Waals surface area contributed by atoms with E-state index in [4.69, 9.17) is 0 Å². The van der Waals surface area contributed by atoms with Gasteiger partial charge in [0.25, 0.3) is 0 Å². The fourth-order valence-electron chi connectivity index (χ4n) is 2.47. The third-order valence-corrected chi connectivity index (χ3v) is 12.8. The first kappa shape index (κ1) is 22.4. The first-order valence-electron chi connectivity index (χ1n) is 8.78. The number of unbranched alkanes of at least 4 members (excludes halogenated alkanes) is 1. The second-order valence-electron chi connectivity index (χ2n) is 7.12. The van der Waals surface area contributed by atoms with Gasteiger partial charge in [-0.05, 0) is 0 Å². The molecule has 0 heterocycles. The van der Waals surface area contributed by atoms with Crippen molar-refractivity contribution in [1.29, 1.82) is 0 Å². The topological polar surface area (TPSA) is 61.8 Å². The van der Waals surface area contributed by atoms with Gasteiger partial charge in [-0.2, -0.15) is 0 Å². The Morgan fingerprint density at radius 3 is 2.39 bits per heavy atom. The third kappa shape index (κ3) is 10.7. The summed E-state index contributed by atoms with van der Waals surface area (Å²) in [6.45, 7) is 4.39. The molecule has 1 unspecified atom stereocenters. The van der Waals surface area contributed by atoms with E-state index in [1.54, 1.807) is 20.2 Å². The minimum atomic E-state index is -1.95. The van der Waals surface area contributed by atoms with Gasteiger partial charge >= 0.3 is 146 Å². The zero-order chi connectivity index (χ0) is 17.9. The molecule has 0 aromatic heterocycles. The molecule has 2 amide bonds. The standard InChI is InChI=1S/C14H26N3O2.3CH3.Sn/c1-4-6-7-8-9-10-13(18)15-11-12-16-17(3)14(19)5-2;;;;/h8,12H,4-7,9-11H2,1-3H3,(H,15,18);3*1H3;. The van der Waals surface area contributed by atoms with Crippen LogP contribution in [-0.2, 0) is 9.59 Å². The van der Waals surface area contributed by atoms with E-state index in [-0.39, 0.29) is 11.8 Å². The van der Waals surface area contributed by atoms with Crippen LogP contribution < -0.4 is 5.32 Å². The van der Waals surface area contributed by atoms with Gasteiger partial charge in [0.2, 0.25) is 0 Å². The molecule has 0 aromatic carbocycles. The summed E-state index contributed by atoms with van der Waals surface area (Å²) in [5, 5.41) is 8.16. The Hall–Kier alpha value is -0.591. The van der Waals surface area contributed by atoms with E-state index < -0.39 is 18.4 Å². The van der Waals surface area contributed by atoms with Gasteiger partial charge in [-0.25, -0.2) is 0 Å². The number of amides is 2. The van der Waals surface area contributed by atoms with Crippen molar-refractivity contribution >= 4 is 36.4 Å². The first-order chi connectivity index (χ1) is 10.7. The van der Waals surface area contributed by atoms with Crippen LogP contribution in [0.2, 0.25) is 18.8 Å². The van der Waals surface area contributed by atoms with Gasteiger partial charge in [0.05, 0.1) is 0 Å². The SMILES string of the molecule is CCCC[CH](CCC(=O)NCC=NN(C)C(=O)CC)[Sn]([CH3])([CH3])[CH3]. The summed E-state index contributed by atoms with van der Waals surface area (Å²) in [6.07, 6.45) is 7.38. The number of hydrogen-bond acceptors (Lipinski definition) is 3. The molecule has 1 atom stereocenters. The van der Waals surface area contributed by atoms with E-state index >= 15 is 0 Å². The summed E-state index contributed by atoms with van der Waals surface area (Å²) >= 11 is -1.95. The number of hydrogen-bond donors (Lipinski definition) is 1. The summed E-state index contributed by atoms with van der Waals surface area (Å²) in [4.78, 5) is 30.7. The van der Waals surface area contributed by atoms with Gasteiger partial charge in [0.15, 0.2) is 0 Å². The number of hydrazone groups is 1. The van der Waals surface area contributed by atoms with Crippen LogP contribution in [0.5, 0.6) is 0 Å². The summed E-state index contributed by atoms with van der Waals surface area (Å²) in [5.41, 5.74) is 0. The van der Waals surface area contributed by atoms with Crippen LogP contribution in [0, 0.1) is 0 Å². The molecule has 0 bridgehead atoms. The maximum absolute atomic E-state index is 12.0. The molecule has 0 aliphatic rings. The van der Waals surface area contributed by atoms with E-state index in [0.29, 0.717) is 19.4 Å². The van der Waals surface area contributed by atoms with Crippen LogP contribution in [0.3, 0.4) is 0 Å². The predicted molar refractivity (Wildman–Crippen MR) is 100 cm³/mol. The molecular weight excluding hydrogens is 397 g/mol. The van der Waals surface area contributed by atoms with Gasteiger partial charge in [-0.15, -0.1) is 0 Å². The van der Waals surface area contributed by atoms with E-state index in [1.807, 2.05) is 0 Å². The van der Waals surface area contributed by atoms with Crippen molar-refractivity contribution < 1.29 is 9.59 Å². The van der Waals surface area contributed by atoms with Crippen LogP contribution in [0.15, 0.2) is 5.10 Å². The normalized spacial score (nSPS) is 13.1. The molecule has 0 aliphatic heterocycles. The van der Waals surface area contributed by atoms with Gasteiger partial charge in [-0.1, -0.05) is 0 Å². The Morgan fingerprint density at radius 2 is 1.87 bits per heavy atom. The van der Waals surface area contributed by atoms with E-state index in [0.717, 1.165) is 10.4 Å². The van der Waals surface area contributed by atoms with Crippen LogP contribution in [0.25, 0.3) is 0 Å². The zero-order valence-electron chi connectivity index (χ0n) is 15.8. The summed E-state index contributed by atoms with van der Waals surface area (Å²) < 4.78 is 0.775. The van der Waals surface area contributed by atoms with Crippen molar-refractivity contribution in [1.82, 2.24) is 10.3 Å². The number of carbonyl (C=O) groups is 2. The molecule has 0 saturated carbocycles. The molecule has 0 fully saturated rings. The minimum absolute atomic E-state index is 0.0379. The second-order valence-corrected chi connectivity index (χ2v) is 23.0. The molecule has 0 saturated heterocycles. The molecule has 0 radical (unpaired) electrons. The van der Waals surface area contributed by atoms with Crippen molar-refractivity contribution in [3.05, 3.63) is 0 Å². The molecule has 0 aliphatic carbocycles. The van der Waals surface area contributed by atoms with E-state index in [9.17, 15) is 9.59 Å². The van der Waals surface area contributed by atoms with Crippen molar-refractivity contribution in [2.75, 3.05) is 13.6 Å². The average molecular weight is 432 g/mol. The Balaban J connectivity index is 4.13. The Labute approximate surface area is 146 Å². The van der Waals surface area contributed by atoms with Gasteiger partial charge in [-0.3, -0.25) is 0 Å². The van der Waals surface area contributed by atoms with Crippen molar-refractivity contribution in [3.8, 4) is 0 Å². The molecule has 0 rings (SSSR count). The van der Waals surface area contributed by atoms with E-state index in [2.05, 4.69) is 32.2 Å². The Bertz CT molecular complexity index is 392. The molecule has 23 heavy (non-hydrogen) atoms. The molecular formula is C17H35N3O2Sn. The van der Waals surface area contributed by atoms with Crippen molar-refractivity contribution in [2.24, 2.45) is 5.10 Å². The Morgan fingerprint density at radius 1 is 1.22 bits per heavy atom. The first-order valence-corrected chi connectivity index (χ1v) is 19.0. The molecule has 0 aromatic rings. The number of carbonyl (C=O) groups excluding carboxylic acids is 2. The van der Waals surface area contributed by atoms with Crippen LogP contribution >= 0.6 is 0 Å². The molecule has 134 valence electrons. The van der Waals surface area contributed by atoms with Crippen molar-refractivity contribution in [2.45, 2.75) is 71.1 Å².